The molecule has 20 heavy (non-hydrogen) atoms. The van der Waals surface area contributed by atoms with Crippen molar-refractivity contribution >= 4 is 11.9 Å². The maximum atomic E-state index is 11.6. The lowest BCUT2D eigenvalue weighted by molar-refractivity contribution is -0.160. The molecule has 2 aliphatic carbocycles. The average molecular weight is 282 g/mol. The smallest absolute Gasteiger partial charge is 0.306 e. The predicted octanol–water partition coefficient (Wildman–Crippen LogP) is 3.26. The summed E-state index contributed by atoms with van der Waals surface area (Å²) in [6.07, 6.45) is 5.41. The zero-order valence-electron chi connectivity index (χ0n) is 12.4. The Bertz CT molecular complexity index is 379. The molecule has 2 aliphatic rings. The standard InChI is InChI=1S/C16H26O4/c1-3-5-10-9(2)8-13(16(19)20)14-11(10)6-4-7-12(14)15(17)18/h9-14H,3-8H2,1-2H3,(H,17,18)(H,19,20). The average Bonchev–Trinajstić information content (AvgIpc) is 2.40. The lowest BCUT2D eigenvalue weighted by Crippen LogP contribution is -2.49. The third kappa shape index (κ3) is 2.70. The van der Waals surface area contributed by atoms with E-state index in [-0.39, 0.29) is 11.8 Å². The summed E-state index contributed by atoms with van der Waals surface area (Å²) < 4.78 is 0. The third-order valence-electron chi connectivity index (χ3n) is 5.64. The van der Waals surface area contributed by atoms with Gasteiger partial charge in [-0.2, -0.15) is 0 Å². The second-order valence-corrected chi connectivity index (χ2v) is 6.73. The Morgan fingerprint density at radius 2 is 1.75 bits per heavy atom. The highest BCUT2D eigenvalue weighted by Gasteiger charge is 2.51. The number of carbonyl (C=O) groups is 2. The molecule has 2 saturated carbocycles. The first-order chi connectivity index (χ1) is 9.47. The van der Waals surface area contributed by atoms with Crippen LogP contribution in [-0.4, -0.2) is 22.2 Å². The molecule has 0 heterocycles. The van der Waals surface area contributed by atoms with Gasteiger partial charge in [0.15, 0.2) is 0 Å². The molecule has 0 aliphatic heterocycles. The molecule has 0 aromatic heterocycles. The minimum absolute atomic E-state index is 0.161. The van der Waals surface area contributed by atoms with E-state index in [0.717, 1.165) is 25.7 Å². The van der Waals surface area contributed by atoms with Crippen molar-refractivity contribution < 1.29 is 19.8 Å². The van der Waals surface area contributed by atoms with Crippen LogP contribution in [0.3, 0.4) is 0 Å². The van der Waals surface area contributed by atoms with E-state index in [1.807, 2.05) is 0 Å². The summed E-state index contributed by atoms with van der Waals surface area (Å²) in [6.45, 7) is 4.30. The lowest BCUT2D eigenvalue weighted by atomic mass is 9.54. The summed E-state index contributed by atoms with van der Waals surface area (Å²) in [5, 5.41) is 19.0. The molecule has 4 heteroatoms. The normalized spacial score (nSPS) is 40.9. The first kappa shape index (κ1) is 15.3. The molecule has 0 spiro atoms. The number of hydrogen-bond acceptors (Lipinski definition) is 2. The van der Waals surface area contributed by atoms with Crippen molar-refractivity contribution in [3.63, 3.8) is 0 Å². The van der Waals surface area contributed by atoms with Crippen LogP contribution in [0, 0.1) is 35.5 Å². The van der Waals surface area contributed by atoms with E-state index in [1.165, 1.54) is 0 Å². The minimum atomic E-state index is -0.796. The number of fused-ring (bicyclic) bond motifs is 1. The van der Waals surface area contributed by atoms with E-state index in [9.17, 15) is 19.8 Å². The molecule has 114 valence electrons. The van der Waals surface area contributed by atoms with Crippen molar-refractivity contribution in [2.24, 2.45) is 35.5 Å². The van der Waals surface area contributed by atoms with E-state index < -0.39 is 23.8 Å². The Morgan fingerprint density at radius 1 is 1.10 bits per heavy atom. The third-order valence-corrected chi connectivity index (χ3v) is 5.64. The summed E-state index contributed by atoms with van der Waals surface area (Å²) in [6, 6.07) is 0. The van der Waals surface area contributed by atoms with E-state index in [4.69, 9.17) is 0 Å². The minimum Gasteiger partial charge on any atom is -0.481 e. The van der Waals surface area contributed by atoms with Crippen LogP contribution in [-0.2, 0) is 9.59 Å². The summed E-state index contributed by atoms with van der Waals surface area (Å²) in [7, 11) is 0. The van der Waals surface area contributed by atoms with Crippen LogP contribution in [0.5, 0.6) is 0 Å². The van der Waals surface area contributed by atoms with E-state index >= 15 is 0 Å². The molecule has 0 aromatic rings. The Hall–Kier alpha value is -1.06. The SMILES string of the molecule is CCCC1C(C)CC(C(=O)O)C2C(C(=O)O)CCCC12. The Kier molecular flexibility index (Phi) is 4.71. The maximum absolute atomic E-state index is 11.6. The summed E-state index contributed by atoms with van der Waals surface area (Å²) in [5.41, 5.74) is 0. The Balaban J connectivity index is 2.32. The lowest BCUT2D eigenvalue weighted by Gasteiger charge is -2.50. The van der Waals surface area contributed by atoms with Crippen molar-refractivity contribution in [1.82, 2.24) is 0 Å². The highest BCUT2D eigenvalue weighted by molar-refractivity contribution is 5.75. The van der Waals surface area contributed by atoms with Gasteiger partial charge in [-0.3, -0.25) is 9.59 Å². The fraction of sp³-hybridized carbons (Fsp3) is 0.875. The van der Waals surface area contributed by atoms with E-state index in [1.54, 1.807) is 0 Å². The van der Waals surface area contributed by atoms with Gasteiger partial charge in [-0.15, -0.1) is 0 Å². The molecule has 0 aromatic carbocycles. The number of rotatable bonds is 4. The fourth-order valence-electron chi connectivity index (χ4n) is 4.88. The van der Waals surface area contributed by atoms with Crippen LogP contribution in [0.4, 0.5) is 0 Å². The van der Waals surface area contributed by atoms with Gasteiger partial charge in [0.05, 0.1) is 11.8 Å². The molecule has 0 bridgehead atoms. The van der Waals surface area contributed by atoms with Crippen molar-refractivity contribution in [1.29, 1.82) is 0 Å². The van der Waals surface area contributed by atoms with Crippen molar-refractivity contribution in [3.8, 4) is 0 Å². The highest BCUT2D eigenvalue weighted by Crippen LogP contribution is 2.52. The zero-order valence-corrected chi connectivity index (χ0v) is 12.4. The number of aliphatic carboxylic acids is 2. The molecular formula is C16H26O4. The van der Waals surface area contributed by atoms with Gasteiger partial charge in [0.1, 0.15) is 0 Å². The summed E-state index contributed by atoms with van der Waals surface area (Å²) >= 11 is 0. The molecule has 6 atom stereocenters. The van der Waals surface area contributed by atoms with Gasteiger partial charge in [-0.05, 0) is 42.9 Å². The van der Waals surface area contributed by atoms with Crippen LogP contribution in [0.25, 0.3) is 0 Å². The monoisotopic (exact) mass is 282 g/mol. The van der Waals surface area contributed by atoms with Crippen LogP contribution in [0.2, 0.25) is 0 Å². The van der Waals surface area contributed by atoms with Gasteiger partial charge in [0.25, 0.3) is 0 Å². The summed E-state index contributed by atoms with van der Waals surface area (Å²) in [4.78, 5) is 23.1. The largest absolute Gasteiger partial charge is 0.481 e. The molecule has 4 nitrogen and oxygen atoms in total. The highest BCUT2D eigenvalue weighted by atomic mass is 16.4. The maximum Gasteiger partial charge on any atom is 0.306 e. The van der Waals surface area contributed by atoms with Crippen molar-refractivity contribution in [2.45, 2.75) is 52.4 Å². The van der Waals surface area contributed by atoms with Gasteiger partial charge in [-0.1, -0.05) is 33.1 Å². The van der Waals surface area contributed by atoms with Crippen molar-refractivity contribution in [3.05, 3.63) is 0 Å². The van der Waals surface area contributed by atoms with Gasteiger partial charge < -0.3 is 10.2 Å². The van der Waals surface area contributed by atoms with Crippen LogP contribution in [0.15, 0.2) is 0 Å². The fourth-order valence-corrected chi connectivity index (χ4v) is 4.88. The molecular weight excluding hydrogens is 256 g/mol. The second-order valence-electron chi connectivity index (χ2n) is 6.73. The Labute approximate surface area is 120 Å². The molecule has 6 unspecified atom stereocenters. The topological polar surface area (TPSA) is 74.6 Å². The van der Waals surface area contributed by atoms with Gasteiger partial charge in [0, 0.05) is 0 Å². The molecule has 0 amide bonds. The second kappa shape index (κ2) is 6.15. The number of carboxylic acids is 2. The van der Waals surface area contributed by atoms with Crippen molar-refractivity contribution in [2.75, 3.05) is 0 Å². The van der Waals surface area contributed by atoms with Gasteiger partial charge in [-0.25, -0.2) is 0 Å². The number of hydrogen-bond donors (Lipinski definition) is 2. The first-order valence-electron chi connectivity index (χ1n) is 7.93. The first-order valence-corrected chi connectivity index (χ1v) is 7.93. The van der Waals surface area contributed by atoms with Gasteiger partial charge in [0.2, 0.25) is 0 Å². The zero-order chi connectivity index (χ0) is 14.9. The summed E-state index contributed by atoms with van der Waals surface area (Å²) in [5.74, 6) is -1.49. The van der Waals surface area contributed by atoms with Crippen LogP contribution in [0.1, 0.15) is 52.4 Å². The molecule has 2 fully saturated rings. The van der Waals surface area contributed by atoms with Gasteiger partial charge >= 0.3 is 11.9 Å². The van der Waals surface area contributed by atoms with E-state index in [2.05, 4.69) is 13.8 Å². The predicted molar refractivity (Wildman–Crippen MR) is 75.3 cm³/mol. The van der Waals surface area contributed by atoms with Crippen LogP contribution >= 0.6 is 0 Å². The Morgan fingerprint density at radius 3 is 2.30 bits per heavy atom. The molecule has 2 N–H and O–H groups in total. The van der Waals surface area contributed by atoms with E-state index in [0.29, 0.717) is 24.7 Å². The number of carboxylic acid groups (broad SMARTS) is 2. The molecule has 0 radical (unpaired) electrons. The van der Waals surface area contributed by atoms with Crippen LogP contribution < -0.4 is 0 Å². The molecule has 2 rings (SSSR count). The quantitative estimate of drug-likeness (QED) is 0.830. The molecule has 0 saturated heterocycles.